The Morgan fingerprint density at radius 3 is 2.58 bits per heavy atom. The maximum atomic E-state index is 5.84. The molecule has 0 bridgehead atoms. The van der Waals surface area contributed by atoms with Crippen molar-refractivity contribution in [1.82, 2.24) is 15.2 Å². The fraction of sp³-hybridized carbons (Fsp3) is 0.143. The number of nitrogens with one attached hydrogen (secondary N) is 1. The summed E-state index contributed by atoms with van der Waals surface area (Å²) in [7, 11) is 0. The molecule has 5 N–H and O–H groups in total. The molecule has 96 valence electrons. The van der Waals surface area contributed by atoms with Gasteiger partial charge in [0.15, 0.2) is 5.65 Å². The van der Waals surface area contributed by atoms with Gasteiger partial charge in [0.25, 0.3) is 0 Å². The zero-order chi connectivity index (χ0) is 13.4. The maximum absolute atomic E-state index is 5.84. The van der Waals surface area contributed by atoms with Crippen LogP contribution in [0.4, 0.5) is 5.82 Å². The van der Waals surface area contributed by atoms with Gasteiger partial charge in [-0.25, -0.2) is 4.98 Å². The van der Waals surface area contributed by atoms with E-state index in [1.807, 2.05) is 37.3 Å². The summed E-state index contributed by atoms with van der Waals surface area (Å²) in [6.07, 6.45) is 1.80. The Labute approximate surface area is 110 Å². The molecule has 2 heterocycles. The first-order valence-corrected chi connectivity index (χ1v) is 6.10. The van der Waals surface area contributed by atoms with Gasteiger partial charge in [0.2, 0.25) is 0 Å². The quantitative estimate of drug-likeness (QED) is 0.652. The lowest BCUT2D eigenvalue weighted by molar-refractivity contribution is 0.818. The molecule has 1 aromatic carbocycles. The van der Waals surface area contributed by atoms with Crippen LogP contribution in [0.25, 0.3) is 22.2 Å². The van der Waals surface area contributed by atoms with Gasteiger partial charge in [-0.15, -0.1) is 0 Å². The van der Waals surface area contributed by atoms with Gasteiger partial charge in [0, 0.05) is 17.8 Å². The van der Waals surface area contributed by atoms with Crippen molar-refractivity contribution >= 4 is 16.9 Å². The number of nitrogen functional groups attached to an aromatic ring is 1. The lowest BCUT2D eigenvalue weighted by Gasteiger charge is -2.07. The normalized spacial score (nSPS) is 12.7. The molecule has 19 heavy (non-hydrogen) atoms. The van der Waals surface area contributed by atoms with Gasteiger partial charge in [-0.1, -0.05) is 24.3 Å². The predicted octanol–water partition coefficient (Wildman–Crippen LogP) is 2.23. The van der Waals surface area contributed by atoms with Crippen LogP contribution in [-0.4, -0.2) is 15.2 Å². The highest BCUT2D eigenvalue weighted by molar-refractivity contribution is 5.89. The van der Waals surface area contributed by atoms with Gasteiger partial charge in [0.05, 0.1) is 5.39 Å². The van der Waals surface area contributed by atoms with Gasteiger partial charge < -0.3 is 11.5 Å². The van der Waals surface area contributed by atoms with Gasteiger partial charge in [-0.05, 0) is 24.1 Å². The lowest BCUT2D eigenvalue weighted by Crippen LogP contribution is -2.04. The van der Waals surface area contributed by atoms with Crippen LogP contribution in [0.5, 0.6) is 0 Å². The van der Waals surface area contributed by atoms with E-state index in [-0.39, 0.29) is 6.04 Å². The molecule has 0 radical (unpaired) electrons. The van der Waals surface area contributed by atoms with Crippen molar-refractivity contribution in [2.45, 2.75) is 13.0 Å². The Morgan fingerprint density at radius 2 is 1.89 bits per heavy atom. The van der Waals surface area contributed by atoms with Crippen LogP contribution in [0, 0.1) is 0 Å². The molecule has 2 aromatic heterocycles. The first-order chi connectivity index (χ1) is 9.15. The Kier molecular flexibility index (Phi) is 2.68. The summed E-state index contributed by atoms with van der Waals surface area (Å²) < 4.78 is 0. The molecule has 0 aliphatic rings. The van der Waals surface area contributed by atoms with Crippen molar-refractivity contribution < 1.29 is 0 Å². The summed E-state index contributed by atoms with van der Waals surface area (Å²) in [6, 6.07) is 10.2. The minimum Gasteiger partial charge on any atom is -0.384 e. The molecule has 0 fully saturated rings. The highest BCUT2D eigenvalue weighted by atomic mass is 15.2. The molecule has 0 spiro atoms. The van der Waals surface area contributed by atoms with Crippen LogP contribution in [0.2, 0.25) is 0 Å². The molecule has 0 unspecified atom stereocenters. The molecule has 5 nitrogen and oxygen atoms in total. The van der Waals surface area contributed by atoms with Crippen molar-refractivity contribution in [3.63, 3.8) is 0 Å². The molecular formula is C14H15N5. The molecule has 3 aromatic rings. The number of pyridine rings is 1. The summed E-state index contributed by atoms with van der Waals surface area (Å²) in [5.41, 5.74) is 15.5. The van der Waals surface area contributed by atoms with Crippen LogP contribution in [0.1, 0.15) is 18.5 Å². The number of nitrogens with zero attached hydrogens (tertiary/aromatic N) is 2. The molecule has 5 heteroatoms. The third-order valence-corrected chi connectivity index (χ3v) is 3.21. The molecular weight excluding hydrogens is 238 g/mol. The third kappa shape index (κ3) is 2.04. The minimum absolute atomic E-state index is 0.0409. The zero-order valence-electron chi connectivity index (χ0n) is 10.6. The number of aromatic amines is 1. The fourth-order valence-electron chi connectivity index (χ4n) is 2.06. The smallest absolute Gasteiger partial charge is 0.183 e. The lowest BCUT2D eigenvalue weighted by atomic mass is 10.0. The third-order valence-electron chi connectivity index (χ3n) is 3.21. The number of aromatic nitrogens is 3. The van der Waals surface area contributed by atoms with Crippen LogP contribution in [-0.2, 0) is 0 Å². The van der Waals surface area contributed by atoms with Crippen molar-refractivity contribution in [1.29, 1.82) is 0 Å². The predicted molar refractivity (Wildman–Crippen MR) is 76.3 cm³/mol. The Morgan fingerprint density at radius 1 is 1.16 bits per heavy atom. The van der Waals surface area contributed by atoms with Gasteiger partial charge in [-0.3, -0.25) is 5.10 Å². The number of anilines is 1. The SMILES string of the molecule is C[C@@H](N)c1ccc(-c2cnc3n[nH]c(N)c3c2)cc1. The zero-order valence-corrected chi connectivity index (χ0v) is 10.6. The second-order valence-corrected chi connectivity index (χ2v) is 4.64. The van der Waals surface area contributed by atoms with Crippen molar-refractivity contribution in [2.75, 3.05) is 5.73 Å². The molecule has 0 saturated carbocycles. The minimum atomic E-state index is 0.0409. The number of hydrogen-bond donors (Lipinski definition) is 3. The van der Waals surface area contributed by atoms with Crippen LogP contribution in [0.3, 0.4) is 0 Å². The second-order valence-electron chi connectivity index (χ2n) is 4.64. The van der Waals surface area contributed by atoms with Gasteiger partial charge in [-0.2, -0.15) is 5.10 Å². The highest BCUT2D eigenvalue weighted by Crippen LogP contribution is 2.25. The summed E-state index contributed by atoms with van der Waals surface area (Å²) in [5, 5.41) is 7.58. The number of hydrogen-bond acceptors (Lipinski definition) is 4. The molecule has 1 atom stereocenters. The van der Waals surface area contributed by atoms with E-state index >= 15 is 0 Å². The number of nitrogens with two attached hydrogens (primary N) is 2. The average molecular weight is 253 g/mol. The largest absolute Gasteiger partial charge is 0.384 e. The molecule has 0 aliphatic heterocycles. The molecule has 3 rings (SSSR count). The van der Waals surface area contributed by atoms with E-state index in [1.165, 1.54) is 0 Å². The van der Waals surface area contributed by atoms with Crippen molar-refractivity contribution in [3.8, 4) is 11.1 Å². The summed E-state index contributed by atoms with van der Waals surface area (Å²) >= 11 is 0. The molecule has 0 saturated heterocycles. The molecule has 0 aliphatic carbocycles. The first kappa shape index (κ1) is 11.7. The monoisotopic (exact) mass is 253 g/mol. The summed E-state index contributed by atoms with van der Waals surface area (Å²) in [5.74, 6) is 0.538. The van der Waals surface area contributed by atoms with E-state index in [0.29, 0.717) is 11.5 Å². The Bertz CT molecular complexity index is 712. The van der Waals surface area contributed by atoms with Crippen molar-refractivity contribution in [3.05, 3.63) is 42.1 Å². The number of rotatable bonds is 2. The second kappa shape index (κ2) is 4.37. The molecule has 0 amide bonds. The Balaban J connectivity index is 2.05. The van der Waals surface area contributed by atoms with Gasteiger partial charge >= 0.3 is 0 Å². The van der Waals surface area contributed by atoms with Crippen LogP contribution >= 0.6 is 0 Å². The summed E-state index contributed by atoms with van der Waals surface area (Å²) in [4.78, 5) is 4.29. The van der Waals surface area contributed by atoms with E-state index in [4.69, 9.17) is 11.5 Å². The van der Waals surface area contributed by atoms with Crippen molar-refractivity contribution in [2.24, 2.45) is 5.73 Å². The number of benzene rings is 1. The number of fused-ring (bicyclic) bond motifs is 1. The highest BCUT2D eigenvalue weighted by Gasteiger charge is 2.06. The van der Waals surface area contributed by atoms with E-state index in [9.17, 15) is 0 Å². The standard InChI is InChI=1S/C14H15N5/c1-8(15)9-2-4-10(5-3-9)11-6-12-13(16)18-19-14(12)17-7-11/h2-8H,15H2,1H3,(H3,16,17,18,19)/t8-/m1/s1. The first-order valence-electron chi connectivity index (χ1n) is 6.10. The van der Waals surface area contributed by atoms with Gasteiger partial charge in [0.1, 0.15) is 5.82 Å². The van der Waals surface area contributed by atoms with E-state index in [2.05, 4.69) is 15.2 Å². The topological polar surface area (TPSA) is 93.6 Å². The summed E-state index contributed by atoms with van der Waals surface area (Å²) in [6.45, 7) is 1.97. The van der Waals surface area contributed by atoms with E-state index < -0.39 is 0 Å². The van der Waals surface area contributed by atoms with Crippen LogP contribution < -0.4 is 11.5 Å². The van der Waals surface area contributed by atoms with E-state index in [0.717, 1.165) is 22.1 Å². The average Bonchev–Trinajstić information content (AvgIpc) is 2.80. The number of H-pyrrole nitrogens is 1. The van der Waals surface area contributed by atoms with Crippen LogP contribution in [0.15, 0.2) is 36.5 Å². The maximum Gasteiger partial charge on any atom is 0.183 e. The fourth-order valence-corrected chi connectivity index (χ4v) is 2.06. The van der Waals surface area contributed by atoms with E-state index in [1.54, 1.807) is 6.20 Å². The Hall–Kier alpha value is -2.40.